The van der Waals surface area contributed by atoms with Crippen molar-refractivity contribution in [3.63, 3.8) is 0 Å². The summed E-state index contributed by atoms with van der Waals surface area (Å²) < 4.78 is 10.5. The summed E-state index contributed by atoms with van der Waals surface area (Å²) in [5.74, 6) is 1.37. The number of ether oxygens (including phenoxy) is 1. The molecule has 1 heterocycles. The van der Waals surface area contributed by atoms with Gasteiger partial charge in [-0.25, -0.2) is 4.79 Å². The van der Waals surface area contributed by atoms with Crippen LogP contribution >= 0.6 is 0 Å². The van der Waals surface area contributed by atoms with Gasteiger partial charge in [0, 0.05) is 5.56 Å². The second kappa shape index (κ2) is 5.25. The molecule has 1 aromatic heterocycles. The summed E-state index contributed by atoms with van der Waals surface area (Å²) in [6, 6.07) is 1.77. The van der Waals surface area contributed by atoms with E-state index in [9.17, 15) is 9.90 Å². The van der Waals surface area contributed by atoms with Crippen LogP contribution < -0.4 is 5.32 Å². The Kier molecular flexibility index (Phi) is 4.30. The molecular weight excluding hydrogens is 246 g/mol. The van der Waals surface area contributed by atoms with Crippen LogP contribution in [0, 0.1) is 13.8 Å². The number of hydrogen-bond acceptors (Lipinski definition) is 4. The van der Waals surface area contributed by atoms with Crippen LogP contribution in [0.15, 0.2) is 10.5 Å². The number of hydrogen-bond donors (Lipinski definition) is 2. The van der Waals surface area contributed by atoms with Crippen molar-refractivity contribution < 1.29 is 19.1 Å². The molecule has 0 aliphatic heterocycles. The fourth-order valence-electron chi connectivity index (χ4n) is 1.82. The van der Waals surface area contributed by atoms with E-state index in [1.807, 2.05) is 6.92 Å². The maximum absolute atomic E-state index is 11.6. The van der Waals surface area contributed by atoms with Gasteiger partial charge in [-0.15, -0.1) is 0 Å². The second-order valence-corrected chi connectivity index (χ2v) is 5.96. The Morgan fingerprint density at radius 1 is 1.37 bits per heavy atom. The zero-order valence-corrected chi connectivity index (χ0v) is 12.5. The van der Waals surface area contributed by atoms with Crippen LogP contribution in [0.4, 0.5) is 4.79 Å². The minimum absolute atomic E-state index is 0.0573. The smallest absolute Gasteiger partial charge is 0.407 e. The van der Waals surface area contributed by atoms with Gasteiger partial charge in [0.15, 0.2) is 0 Å². The fraction of sp³-hybridized carbons (Fsp3) is 0.643. The third kappa shape index (κ3) is 4.59. The Hall–Kier alpha value is -1.49. The van der Waals surface area contributed by atoms with Crippen LogP contribution in [-0.4, -0.2) is 23.3 Å². The maximum Gasteiger partial charge on any atom is 0.407 e. The first-order valence-corrected chi connectivity index (χ1v) is 6.28. The largest absolute Gasteiger partial charge is 0.466 e. The highest BCUT2D eigenvalue weighted by Crippen LogP contribution is 2.26. The first-order chi connectivity index (χ1) is 8.51. The molecule has 1 atom stereocenters. The number of carbonyl (C=O) groups excluding carboxylic acids is 1. The lowest BCUT2D eigenvalue weighted by Crippen LogP contribution is -2.41. The number of furan rings is 1. The summed E-state index contributed by atoms with van der Waals surface area (Å²) in [6.07, 6.45) is -0.550. The normalized spacial score (nSPS) is 14.9. The van der Waals surface area contributed by atoms with E-state index in [-0.39, 0.29) is 6.54 Å². The van der Waals surface area contributed by atoms with Crippen LogP contribution in [0.5, 0.6) is 0 Å². The molecule has 0 aliphatic carbocycles. The van der Waals surface area contributed by atoms with Crippen LogP contribution in [0.3, 0.4) is 0 Å². The van der Waals surface area contributed by atoms with Crippen molar-refractivity contribution in [3.05, 3.63) is 23.2 Å². The minimum atomic E-state index is -1.20. The van der Waals surface area contributed by atoms with Crippen molar-refractivity contribution in [2.75, 3.05) is 6.54 Å². The summed E-state index contributed by atoms with van der Waals surface area (Å²) in [6.45, 7) is 10.6. The molecule has 5 heteroatoms. The number of aryl methyl sites for hydroxylation is 2. The van der Waals surface area contributed by atoms with E-state index in [1.54, 1.807) is 40.7 Å². The van der Waals surface area contributed by atoms with Crippen LogP contribution in [0.25, 0.3) is 0 Å². The molecule has 0 unspecified atom stereocenters. The molecule has 1 amide bonds. The minimum Gasteiger partial charge on any atom is -0.466 e. The molecule has 19 heavy (non-hydrogen) atoms. The molecule has 1 aromatic rings. The van der Waals surface area contributed by atoms with E-state index in [0.29, 0.717) is 11.3 Å². The third-order valence-corrected chi connectivity index (χ3v) is 2.60. The Morgan fingerprint density at radius 2 is 1.95 bits per heavy atom. The van der Waals surface area contributed by atoms with Crippen LogP contribution in [0.1, 0.15) is 44.8 Å². The van der Waals surface area contributed by atoms with E-state index in [1.165, 1.54) is 0 Å². The lowest BCUT2D eigenvalue weighted by molar-refractivity contribution is 0.0310. The Labute approximate surface area is 113 Å². The molecule has 5 nitrogen and oxygen atoms in total. The zero-order chi connectivity index (χ0) is 14.8. The van der Waals surface area contributed by atoms with Crippen molar-refractivity contribution in [2.24, 2.45) is 0 Å². The number of nitrogens with one attached hydrogen (secondary N) is 1. The van der Waals surface area contributed by atoms with Crippen molar-refractivity contribution in [1.82, 2.24) is 5.32 Å². The highest BCUT2D eigenvalue weighted by molar-refractivity contribution is 5.67. The number of carbonyl (C=O) groups is 1. The molecule has 1 rings (SSSR count). The van der Waals surface area contributed by atoms with Crippen LogP contribution in [0.2, 0.25) is 0 Å². The molecule has 0 radical (unpaired) electrons. The van der Waals surface area contributed by atoms with E-state index in [4.69, 9.17) is 9.15 Å². The molecule has 0 fully saturated rings. The molecule has 108 valence electrons. The lowest BCUT2D eigenvalue weighted by atomic mass is 9.96. The molecule has 0 spiro atoms. The highest BCUT2D eigenvalue weighted by atomic mass is 16.6. The summed E-state index contributed by atoms with van der Waals surface area (Å²) in [4.78, 5) is 11.6. The van der Waals surface area contributed by atoms with Crippen molar-refractivity contribution in [3.8, 4) is 0 Å². The van der Waals surface area contributed by atoms with Gasteiger partial charge in [-0.05, 0) is 47.6 Å². The Morgan fingerprint density at radius 3 is 2.37 bits per heavy atom. The second-order valence-electron chi connectivity index (χ2n) is 5.96. The van der Waals surface area contributed by atoms with Crippen molar-refractivity contribution in [1.29, 1.82) is 0 Å². The first-order valence-electron chi connectivity index (χ1n) is 6.28. The Balaban J connectivity index is 2.66. The van der Waals surface area contributed by atoms with Gasteiger partial charge < -0.3 is 19.6 Å². The average Bonchev–Trinajstić information content (AvgIpc) is 2.53. The summed E-state index contributed by atoms with van der Waals surface area (Å²) in [5.41, 5.74) is -1.09. The zero-order valence-electron chi connectivity index (χ0n) is 12.5. The first kappa shape index (κ1) is 15.6. The van der Waals surface area contributed by atoms with E-state index < -0.39 is 17.3 Å². The summed E-state index contributed by atoms with van der Waals surface area (Å²) in [5, 5.41) is 13.0. The topological polar surface area (TPSA) is 71.7 Å². The molecule has 0 aromatic carbocycles. The van der Waals surface area contributed by atoms with Gasteiger partial charge >= 0.3 is 6.09 Å². The number of rotatable bonds is 3. The lowest BCUT2D eigenvalue weighted by Gasteiger charge is -2.25. The van der Waals surface area contributed by atoms with Crippen molar-refractivity contribution >= 4 is 6.09 Å². The molecule has 0 saturated carbocycles. The van der Waals surface area contributed by atoms with Gasteiger partial charge in [0.1, 0.15) is 22.7 Å². The van der Waals surface area contributed by atoms with Gasteiger partial charge in [0.25, 0.3) is 0 Å². The Bertz CT molecular complexity index is 455. The predicted octanol–water partition coefficient (Wildman–Crippen LogP) is 2.63. The monoisotopic (exact) mass is 269 g/mol. The van der Waals surface area contributed by atoms with Gasteiger partial charge in [-0.2, -0.15) is 0 Å². The molecule has 0 bridgehead atoms. The van der Waals surface area contributed by atoms with Gasteiger partial charge in [0.05, 0.1) is 6.54 Å². The number of amides is 1. The molecule has 2 N–H and O–H groups in total. The number of aliphatic hydroxyl groups is 1. The van der Waals surface area contributed by atoms with Crippen LogP contribution in [-0.2, 0) is 10.3 Å². The quantitative estimate of drug-likeness (QED) is 0.884. The van der Waals surface area contributed by atoms with E-state index in [2.05, 4.69) is 5.32 Å². The average molecular weight is 269 g/mol. The number of alkyl carbamates (subject to hydrolysis) is 1. The third-order valence-electron chi connectivity index (χ3n) is 2.60. The fourth-order valence-corrected chi connectivity index (χ4v) is 1.82. The van der Waals surface area contributed by atoms with E-state index in [0.717, 1.165) is 5.76 Å². The highest BCUT2D eigenvalue weighted by Gasteiger charge is 2.29. The SMILES string of the molecule is Cc1cc([C@@](C)(O)CNC(=O)OC(C)(C)C)c(C)o1. The van der Waals surface area contributed by atoms with Gasteiger partial charge in [-0.3, -0.25) is 0 Å². The predicted molar refractivity (Wildman–Crippen MR) is 72.0 cm³/mol. The summed E-state index contributed by atoms with van der Waals surface area (Å²) in [7, 11) is 0. The summed E-state index contributed by atoms with van der Waals surface area (Å²) >= 11 is 0. The standard InChI is InChI=1S/C14H23NO4/c1-9-7-11(10(2)18-9)14(6,17)8-15-12(16)19-13(3,4)5/h7,17H,8H2,1-6H3,(H,15,16)/t14-/m0/s1. The molecule has 0 saturated heterocycles. The van der Waals surface area contributed by atoms with Gasteiger partial charge in [-0.1, -0.05) is 0 Å². The molecule has 0 aliphatic rings. The van der Waals surface area contributed by atoms with Gasteiger partial charge in [0.2, 0.25) is 0 Å². The van der Waals surface area contributed by atoms with Crippen molar-refractivity contribution in [2.45, 2.75) is 52.7 Å². The molecular formula is C14H23NO4. The maximum atomic E-state index is 11.6. The van der Waals surface area contributed by atoms with E-state index >= 15 is 0 Å².